The number of fused-ring (bicyclic) bond motifs is 1. The highest BCUT2D eigenvalue weighted by Gasteiger charge is 2.31. The summed E-state index contributed by atoms with van der Waals surface area (Å²) in [6, 6.07) is 3.57. The van der Waals surface area contributed by atoms with Crippen LogP contribution in [0.1, 0.15) is 80.8 Å². The summed E-state index contributed by atoms with van der Waals surface area (Å²) in [4.78, 5) is 15.5. The van der Waals surface area contributed by atoms with Crippen molar-refractivity contribution in [1.29, 1.82) is 0 Å². The molecular weight excluding hydrogens is 420 g/mol. The third-order valence-electron chi connectivity index (χ3n) is 6.37. The lowest BCUT2D eigenvalue weighted by atomic mass is 9.96. The Bertz CT molecular complexity index is 931. The Morgan fingerprint density at radius 3 is 2.36 bits per heavy atom. The van der Waals surface area contributed by atoms with E-state index in [2.05, 4.69) is 14.8 Å². The van der Waals surface area contributed by atoms with E-state index in [-0.39, 0.29) is 11.8 Å². The SMILES string of the molecule is CCOc1cc(C(=O)N2CCC[C@H](c3nnc4n3CCCCC4)C2)cc(OCC)c1OCC. The molecule has 0 unspecified atom stereocenters. The monoisotopic (exact) mass is 456 g/mol. The van der Waals surface area contributed by atoms with Crippen molar-refractivity contribution in [1.82, 2.24) is 19.7 Å². The minimum absolute atomic E-state index is 0.0136. The van der Waals surface area contributed by atoms with Crippen molar-refractivity contribution in [2.75, 3.05) is 32.9 Å². The molecule has 0 aliphatic carbocycles. The van der Waals surface area contributed by atoms with Gasteiger partial charge in [0.05, 0.1) is 19.8 Å². The summed E-state index contributed by atoms with van der Waals surface area (Å²) in [5.74, 6) is 3.99. The van der Waals surface area contributed by atoms with E-state index in [4.69, 9.17) is 14.2 Å². The first-order valence-corrected chi connectivity index (χ1v) is 12.4. The molecule has 0 bridgehead atoms. The number of carbonyl (C=O) groups excluding carboxylic acids is 1. The maximum atomic E-state index is 13.6. The molecule has 2 aromatic rings. The van der Waals surface area contributed by atoms with Crippen molar-refractivity contribution in [2.45, 2.75) is 71.8 Å². The first-order chi connectivity index (χ1) is 16.2. The van der Waals surface area contributed by atoms with Crippen LogP contribution in [-0.2, 0) is 13.0 Å². The number of amides is 1. The fraction of sp³-hybridized carbons (Fsp3) is 0.640. The average Bonchev–Trinajstić information content (AvgIpc) is 3.09. The molecule has 2 aliphatic rings. The van der Waals surface area contributed by atoms with Crippen LogP contribution in [0.5, 0.6) is 17.2 Å². The second-order valence-corrected chi connectivity index (χ2v) is 8.63. The van der Waals surface area contributed by atoms with Gasteiger partial charge in [0.2, 0.25) is 5.75 Å². The van der Waals surface area contributed by atoms with Crippen molar-refractivity contribution < 1.29 is 19.0 Å². The van der Waals surface area contributed by atoms with E-state index in [0.29, 0.717) is 49.2 Å². The second-order valence-electron chi connectivity index (χ2n) is 8.63. The van der Waals surface area contributed by atoms with Crippen LogP contribution in [0.25, 0.3) is 0 Å². The van der Waals surface area contributed by atoms with Gasteiger partial charge in [-0.05, 0) is 58.6 Å². The number of piperidine rings is 1. The molecule has 1 amide bonds. The van der Waals surface area contributed by atoms with Gasteiger partial charge < -0.3 is 23.7 Å². The van der Waals surface area contributed by atoms with Gasteiger partial charge in [0.15, 0.2) is 11.5 Å². The molecule has 4 rings (SSSR count). The number of aryl methyl sites for hydroxylation is 1. The van der Waals surface area contributed by atoms with Crippen LogP contribution in [-0.4, -0.2) is 58.5 Å². The molecule has 0 saturated carbocycles. The number of aromatic nitrogens is 3. The molecular formula is C25H36N4O4. The minimum Gasteiger partial charge on any atom is -0.490 e. The fourth-order valence-electron chi connectivity index (χ4n) is 4.88. The van der Waals surface area contributed by atoms with E-state index in [1.165, 1.54) is 19.3 Å². The number of benzene rings is 1. The van der Waals surface area contributed by atoms with Gasteiger partial charge in [-0.2, -0.15) is 0 Å². The molecule has 0 spiro atoms. The van der Waals surface area contributed by atoms with Crippen LogP contribution in [0, 0.1) is 0 Å². The van der Waals surface area contributed by atoms with Crippen LogP contribution in [0.4, 0.5) is 0 Å². The van der Waals surface area contributed by atoms with Gasteiger partial charge in [-0.1, -0.05) is 6.42 Å². The highest BCUT2D eigenvalue weighted by molar-refractivity contribution is 5.95. The lowest BCUT2D eigenvalue weighted by Crippen LogP contribution is -2.39. The molecule has 33 heavy (non-hydrogen) atoms. The van der Waals surface area contributed by atoms with Gasteiger partial charge in [-0.25, -0.2) is 0 Å². The van der Waals surface area contributed by atoms with Crippen molar-refractivity contribution in [2.24, 2.45) is 0 Å². The zero-order valence-corrected chi connectivity index (χ0v) is 20.1. The van der Waals surface area contributed by atoms with Crippen molar-refractivity contribution in [3.05, 3.63) is 29.3 Å². The molecule has 8 heteroatoms. The topological polar surface area (TPSA) is 78.7 Å². The lowest BCUT2D eigenvalue weighted by molar-refractivity contribution is 0.0702. The number of ether oxygens (including phenoxy) is 3. The lowest BCUT2D eigenvalue weighted by Gasteiger charge is -2.32. The molecule has 1 saturated heterocycles. The van der Waals surface area contributed by atoms with Crippen LogP contribution in [0.3, 0.4) is 0 Å². The van der Waals surface area contributed by atoms with Gasteiger partial charge in [0.1, 0.15) is 11.6 Å². The molecule has 1 aromatic carbocycles. The summed E-state index contributed by atoms with van der Waals surface area (Å²) in [5, 5.41) is 9.03. The summed E-state index contributed by atoms with van der Waals surface area (Å²) in [7, 11) is 0. The normalized spacial score (nSPS) is 18.4. The standard InChI is InChI=1S/C25H36N4O4/c1-4-31-20-15-19(16-21(32-5-2)23(20)33-6-3)25(30)28-13-10-11-18(17-28)24-27-26-22-12-8-7-9-14-29(22)24/h15-16,18H,4-14,17H2,1-3H3/t18-/m0/s1. The predicted molar refractivity (Wildman–Crippen MR) is 125 cm³/mol. The number of carbonyl (C=O) groups is 1. The van der Waals surface area contributed by atoms with Gasteiger partial charge in [0.25, 0.3) is 5.91 Å². The smallest absolute Gasteiger partial charge is 0.254 e. The summed E-state index contributed by atoms with van der Waals surface area (Å²) in [6.45, 7) is 9.57. The predicted octanol–water partition coefficient (Wildman–Crippen LogP) is 4.22. The molecule has 8 nitrogen and oxygen atoms in total. The number of hydrogen-bond acceptors (Lipinski definition) is 6. The summed E-state index contributed by atoms with van der Waals surface area (Å²) < 4.78 is 19.7. The molecule has 1 atom stereocenters. The summed E-state index contributed by atoms with van der Waals surface area (Å²) >= 11 is 0. The third-order valence-corrected chi connectivity index (χ3v) is 6.37. The molecule has 1 aromatic heterocycles. The first-order valence-electron chi connectivity index (χ1n) is 12.4. The van der Waals surface area contributed by atoms with Gasteiger partial charge in [-0.15, -0.1) is 10.2 Å². The zero-order valence-electron chi connectivity index (χ0n) is 20.1. The van der Waals surface area contributed by atoms with Crippen LogP contribution in [0.2, 0.25) is 0 Å². The minimum atomic E-state index is -0.0136. The largest absolute Gasteiger partial charge is 0.490 e. The molecule has 180 valence electrons. The van der Waals surface area contributed by atoms with Crippen LogP contribution < -0.4 is 14.2 Å². The Hall–Kier alpha value is -2.77. The first kappa shape index (κ1) is 23.4. The fourth-order valence-corrected chi connectivity index (χ4v) is 4.88. The number of hydrogen-bond donors (Lipinski definition) is 0. The van der Waals surface area contributed by atoms with Crippen molar-refractivity contribution in [3.8, 4) is 17.2 Å². The number of likely N-dealkylation sites (tertiary alicyclic amines) is 1. The van der Waals surface area contributed by atoms with Gasteiger partial charge >= 0.3 is 0 Å². The van der Waals surface area contributed by atoms with Gasteiger partial charge in [-0.3, -0.25) is 4.79 Å². The van der Waals surface area contributed by atoms with E-state index in [0.717, 1.165) is 44.0 Å². The molecule has 1 fully saturated rings. The maximum Gasteiger partial charge on any atom is 0.254 e. The Morgan fingerprint density at radius 2 is 1.67 bits per heavy atom. The van der Waals surface area contributed by atoms with Crippen molar-refractivity contribution in [3.63, 3.8) is 0 Å². The Morgan fingerprint density at radius 1 is 0.939 bits per heavy atom. The van der Waals surface area contributed by atoms with Crippen molar-refractivity contribution >= 4 is 5.91 Å². The summed E-state index contributed by atoms with van der Waals surface area (Å²) in [5.41, 5.74) is 0.561. The van der Waals surface area contributed by atoms with E-state index in [9.17, 15) is 4.79 Å². The highest BCUT2D eigenvalue weighted by Crippen LogP contribution is 2.40. The summed E-state index contributed by atoms with van der Waals surface area (Å²) in [6.07, 6.45) is 6.55. The second kappa shape index (κ2) is 10.9. The Balaban J connectivity index is 1.58. The van der Waals surface area contributed by atoms with E-state index < -0.39 is 0 Å². The van der Waals surface area contributed by atoms with E-state index in [1.807, 2.05) is 25.7 Å². The molecule has 0 N–H and O–H groups in total. The average molecular weight is 457 g/mol. The Labute approximate surface area is 196 Å². The third kappa shape index (κ3) is 5.09. The molecule has 0 radical (unpaired) electrons. The molecule has 3 heterocycles. The maximum absolute atomic E-state index is 13.6. The highest BCUT2D eigenvalue weighted by atomic mass is 16.5. The van der Waals surface area contributed by atoms with E-state index >= 15 is 0 Å². The van der Waals surface area contributed by atoms with Crippen LogP contribution in [0.15, 0.2) is 12.1 Å². The van der Waals surface area contributed by atoms with Crippen LogP contribution >= 0.6 is 0 Å². The quantitative estimate of drug-likeness (QED) is 0.592. The number of rotatable bonds is 8. The number of nitrogens with zero attached hydrogens (tertiary/aromatic N) is 4. The van der Waals surface area contributed by atoms with Gasteiger partial charge in [0, 0.05) is 37.5 Å². The molecule has 2 aliphatic heterocycles. The van der Waals surface area contributed by atoms with E-state index in [1.54, 1.807) is 12.1 Å². The Kier molecular flexibility index (Phi) is 7.73. The zero-order chi connectivity index (χ0) is 23.2.